The van der Waals surface area contributed by atoms with Gasteiger partial charge in [-0.15, -0.1) is 0 Å². The molecule has 1 aliphatic heterocycles. The number of imide groups is 1. The third kappa shape index (κ3) is 6.56. The summed E-state index contributed by atoms with van der Waals surface area (Å²) in [5.41, 5.74) is 6.04. The molecule has 7 rings (SSSR count). The third-order valence-electron chi connectivity index (χ3n) is 8.13. The minimum Gasteiger partial charge on any atom is -0.494 e. The highest BCUT2D eigenvalue weighted by atomic mass is 16.3. The molecule has 240 valence electrons. The van der Waals surface area contributed by atoms with E-state index in [1.54, 1.807) is 73.1 Å². The summed E-state index contributed by atoms with van der Waals surface area (Å²) in [5.74, 6) is -0.758. The number of carbonyl (C=O) groups is 3. The van der Waals surface area contributed by atoms with E-state index < -0.39 is 11.9 Å². The SMILES string of the molecule is O=C(NCc1ccccc1)c1ccc2[nH]c(O)c(C(=NCc3ccc(N4C(=O)NC(=Cc5ccncc5)C4=O)cc3)c3ccccc3)c2c1. The van der Waals surface area contributed by atoms with Crippen molar-refractivity contribution in [2.75, 3.05) is 4.90 Å². The Hall–Kier alpha value is -6.81. The molecular formula is C39H30N6O4. The van der Waals surface area contributed by atoms with Crippen LogP contribution in [0.5, 0.6) is 5.88 Å². The zero-order valence-corrected chi connectivity index (χ0v) is 26.1. The van der Waals surface area contributed by atoms with Crippen molar-refractivity contribution < 1.29 is 19.5 Å². The van der Waals surface area contributed by atoms with Crippen molar-refractivity contribution in [3.63, 3.8) is 0 Å². The highest BCUT2D eigenvalue weighted by Gasteiger charge is 2.34. The van der Waals surface area contributed by atoms with Gasteiger partial charge in [-0.25, -0.2) is 9.69 Å². The predicted octanol–water partition coefficient (Wildman–Crippen LogP) is 6.33. The zero-order valence-electron chi connectivity index (χ0n) is 26.1. The van der Waals surface area contributed by atoms with Crippen LogP contribution in [0.15, 0.2) is 138 Å². The van der Waals surface area contributed by atoms with E-state index in [4.69, 9.17) is 4.99 Å². The van der Waals surface area contributed by atoms with Crippen molar-refractivity contribution in [1.82, 2.24) is 20.6 Å². The number of aromatic hydroxyl groups is 1. The number of fused-ring (bicyclic) bond motifs is 1. The molecule has 10 nitrogen and oxygen atoms in total. The average molecular weight is 647 g/mol. The van der Waals surface area contributed by atoms with Crippen LogP contribution in [0, 0.1) is 0 Å². The van der Waals surface area contributed by atoms with Gasteiger partial charge in [0.15, 0.2) is 5.88 Å². The van der Waals surface area contributed by atoms with Crippen molar-refractivity contribution in [2.45, 2.75) is 13.1 Å². The number of nitrogens with one attached hydrogen (secondary N) is 3. The molecule has 0 saturated carbocycles. The van der Waals surface area contributed by atoms with E-state index in [9.17, 15) is 19.5 Å². The molecule has 4 aromatic carbocycles. The summed E-state index contributed by atoms with van der Waals surface area (Å²) in [4.78, 5) is 52.0. The molecule has 3 heterocycles. The lowest BCUT2D eigenvalue weighted by Gasteiger charge is -2.12. The van der Waals surface area contributed by atoms with Crippen LogP contribution in [0.3, 0.4) is 0 Å². The molecule has 4 N–H and O–H groups in total. The Morgan fingerprint density at radius 3 is 2.29 bits per heavy atom. The van der Waals surface area contributed by atoms with E-state index in [0.29, 0.717) is 40.0 Å². The standard InChI is InChI=1S/C39H30N6O4/c46-36(42-24-26-7-3-1-4-8-26)29-13-16-32-31(22-29)34(37(47)43-32)35(28-9-5-2-6-10-28)41-23-27-11-14-30(15-12-27)45-38(48)33(44-39(45)49)21-25-17-19-40-20-18-25/h1-22,43,47H,23-24H2,(H,42,46)(H,44,49). The Balaban J connectivity index is 1.15. The van der Waals surface area contributed by atoms with E-state index in [-0.39, 0.29) is 24.0 Å². The smallest absolute Gasteiger partial charge is 0.333 e. The summed E-state index contributed by atoms with van der Waals surface area (Å²) in [5, 5.41) is 17.4. The predicted molar refractivity (Wildman–Crippen MR) is 188 cm³/mol. The number of urea groups is 1. The molecule has 1 fully saturated rings. The maximum absolute atomic E-state index is 13.1. The molecule has 0 unspecified atom stereocenters. The Morgan fingerprint density at radius 1 is 0.837 bits per heavy atom. The quantitative estimate of drug-likeness (QED) is 0.0826. The maximum atomic E-state index is 13.1. The number of anilines is 1. The van der Waals surface area contributed by atoms with Crippen LogP contribution >= 0.6 is 0 Å². The monoisotopic (exact) mass is 646 g/mol. The number of benzene rings is 4. The molecule has 0 atom stereocenters. The first-order valence-corrected chi connectivity index (χ1v) is 15.6. The van der Waals surface area contributed by atoms with Crippen LogP contribution < -0.4 is 15.5 Å². The number of rotatable bonds is 9. The zero-order chi connectivity index (χ0) is 33.7. The fourth-order valence-electron chi connectivity index (χ4n) is 5.67. The molecule has 0 spiro atoms. The Morgan fingerprint density at radius 2 is 1.55 bits per heavy atom. The number of carbonyl (C=O) groups excluding carboxylic acids is 3. The number of amides is 4. The van der Waals surface area contributed by atoms with Gasteiger partial charge < -0.3 is 20.7 Å². The highest BCUT2D eigenvalue weighted by Crippen LogP contribution is 2.31. The average Bonchev–Trinajstić information content (AvgIpc) is 3.61. The highest BCUT2D eigenvalue weighted by molar-refractivity contribution is 6.28. The van der Waals surface area contributed by atoms with Gasteiger partial charge in [0.2, 0.25) is 0 Å². The van der Waals surface area contributed by atoms with Gasteiger partial charge >= 0.3 is 6.03 Å². The van der Waals surface area contributed by atoms with Crippen LogP contribution in [0.4, 0.5) is 10.5 Å². The van der Waals surface area contributed by atoms with E-state index in [1.807, 2.05) is 60.7 Å². The van der Waals surface area contributed by atoms with Gasteiger partial charge in [-0.2, -0.15) is 0 Å². The van der Waals surface area contributed by atoms with E-state index in [1.165, 1.54) is 0 Å². The van der Waals surface area contributed by atoms with E-state index >= 15 is 0 Å². The first-order chi connectivity index (χ1) is 23.9. The van der Waals surface area contributed by atoms with Crippen molar-refractivity contribution in [3.8, 4) is 5.88 Å². The lowest BCUT2D eigenvalue weighted by atomic mass is 9.99. The minimum absolute atomic E-state index is 0.0658. The van der Waals surface area contributed by atoms with E-state index in [2.05, 4.69) is 20.6 Å². The van der Waals surface area contributed by atoms with Crippen LogP contribution in [0.25, 0.3) is 17.0 Å². The molecule has 0 aliphatic carbocycles. The lowest BCUT2D eigenvalue weighted by molar-refractivity contribution is -0.113. The number of pyridine rings is 1. The van der Waals surface area contributed by atoms with Gasteiger partial charge in [-0.3, -0.25) is 19.6 Å². The molecule has 0 radical (unpaired) electrons. The minimum atomic E-state index is -0.537. The fourth-order valence-corrected chi connectivity index (χ4v) is 5.67. The number of aromatic nitrogens is 2. The number of hydrogen-bond donors (Lipinski definition) is 4. The van der Waals surface area contributed by atoms with Gasteiger partial charge in [-0.1, -0.05) is 72.8 Å². The summed E-state index contributed by atoms with van der Waals surface area (Å²) >= 11 is 0. The molecule has 1 aliphatic rings. The second kappa shape index (κ2) is 13.5. The summed E-state index contributed by atoms with van der Waals surface area (Å²) in [7, 11) is 0. The number of nitrogens with zero attached hydrogens (tertiary/aromatic N) is 3. The fraction of sp³-hybridized carbons (Fsp3) is 0.0513. The van der Waals surface area contributed by atoms with Crippen LogP contribution in [-0.2, 0) is 17.9 Å². The molecular weight excluding hydrogens is 616 g/mol. The topological polar surface area (TPSA) is 140 Å². The largest absolute Gasteiger partial charge is 0.494 e. The molecule has 6 aromatic rings. The van der Waals surface area contributed by atoms with Crippen molar-refractivity contribution >= 4 is 46.2 Å². The summed E-state index contributed by atoms with van der Waals surface area (Å²) in [6.07, 6.45) is 4.83. The molecule has 4 amide bonds. The molecule has 0 bridgehead atoms. The normalized spacial score (nSPS) is 14.0. The van der Waals surface area contributed by atoms with Gasteiger partial charge in [0.25, 0.3) is 11.8 Å². The Kier molecular flexibility index (Phi) is 8.49. The number of hydrogen-bond acceptors (Lipinski definition) is 6. The van der Waals surface area contributed by atoms with E-state index in [0.717, 1.165) is 27.2 Å². The van der Waals surface area contributed by atoms with Crippen LogP contribution in [0.2, 0.25) is 0 Å². The lowest BCUT2D eigenvalue weighted by Crippen LogP contribution is -2.30. The van der Waals surface area contributed by atoms with Gasteiger partial charge in [0.05, 0.1) is 23.5 Å². The number of aliphatic imine (C=N–C) groups is 1. The third-order valence-corrected chi connectivity index (χ3v) is 8.13. The van der Waals surface area contributed by atoms with Gasteiger partial charge in [-0.05, 0) is 65.2 Å². The molecule has 2 aromatic heterocycles. The maximum Gasteiger partial charge on any atom is 0.333 e. The number of aromatic amines is 1. The molecule has 10 heteroatoms. The first-order valence-electron chi connectivity index (χ1n) is 15.6. The second-order valence-corrected chi connectivity index (χ2v) is 11.4. The summed E-state index contributed by atoms with van der Waals surface area (Å²) in [6, 6.07) is 34.4. The first kappa shape index (κ1) is 30.8. The van der Waals surface area contributed by atoms with Gasteiger partial charge in [0.1, 0.15) is 5.70 Å². The Labute approximate surface area is 281 Å². The summed E-state index contributed by atoms with van der Waals surface area (Å²) < 4.78 is 0. The summed E-state index contributed by atoms with van der Waals surface area (Å²) in [6.45, 7) is 0.625. The Bertz CT molecular complexity index is 2230. The van der Waals surface area contributed by atoms with Crippen molar-refractivity contribution in [1.29, 1.82) is 0 Å². The molecule has 49 heavy (non-hydrogen) atoms. The number of H-pyrrole nitrogens is 1. The van der Waals surface area contributed by atoms with Crippen LogP contribution in [-0.4, -0.2) is 38.6 Å². The van der Waals surface area contributed by atoms with Crippen LogP contribution in [0.1, 0.15) is 38.2 Å². The van der Waals surface area contributed by atoms with Crippen molar-refractivity contribution in [3.05, 3.63) is 167 Å². The van der Waals surface area contributed by atoms with Gasteiger partial charge in [0, 0.05) is 41.0 Å². The molecule has 1 saturated heterocycles. The second-order valence-electron chi connectivity index (χ2n) is 11.4. The van der Waals surface area contributed by atoms with Crippen molar-refractivity contribution in [2.24, 2.45) is 4.99 Å².